The summed E-state index contributed by atoms with van der Waals surface area (Å²) < 4.78 is 0. The highest BCUT2D eigenvalue weighted by atomic mass is 16.4. The van der Waals surface area contributed by atoms with E-state index < -0.39 is 11.9 Å². The molecule has 9 heteroatoms. The Bertz CT molecular complexity index is 1380. The minimum atomic E-state index is -1.25. The molecular weight excluding hydrogens is 460 g/mol. The van der Waals surface area contributed by atoms with Crippen LogP contribution in [-0.2, 0) is 0 Å². The van der Waals surface area contributed by atoms with Gasteiger partial charge in [0.1, 0.15) is 11.3 Å². The van der Waals surface area contributed by atoms with Crippen LogP contribution in [0, 0.1) is 6.92 Å². The fraction of sp³-hybridized carbons (Fsp3) is 0.0370. The lowest BCUT2D eigenvalue weighted by Gasteiger charge is -2.03. The molecule has 4 rings (SSSR count). The number of phenols is 1. The molecule has 0 aromatic heterocycles. The fourth-order valence-corrected chi connectivity index (χ4v) is 3.33. The van der Waals surface area contributed by atoms with Crippen molar-refractivity contribution in [2.45, 2.75) is 6.92 Å². The largest absolute Gasteiger partial charge is 0.507 e. The van der Waals surface area contributed by atoms with Crippen molar-refractivity contribution in [2.75, 3.05) is 0 Å². The quantitative estimate of drug-likeness (QED) is 0.233. The first-order valence-corrected chi connectivity index (χ1v) is 10.7. The predicted octanol–water partition coefficient (Wildman–Crippen LogP) is 7.59. The molecule has 178 valence electrons. The number of aromatic carboxylic acids is 2. The Morgan fingerprint density at radius 3 is 1.42 bits per heavy atom. The number of aromatic hydroxyl groups is 1. The Kier molecular flexibility index (Phi) is 6.92. The SMILES string of the molecule is Cc1ccc(N=Nc2ccc(-c3ccc(N=Nc4ccc(O)c(C(=O)O)c4)cc3)cc2)cc1C(=O)O. The van der Waals surface area contributed by atoms with Gasteiger partial charge in [-0.2, -0.15) is 20.5 Å². The van der Waals surface area contributed by atoms with Gasteiger partial charge in [0.05, 0.1) is 28.3 Å². The van der Waals surface area contributed by atoms with Crippen LogP contribution in [0.1, 0.15) is 26.3 Å². The molecule has 36 heavy (non-hydrogen) atoms. The van der Waals surface area contributed by atoms with Gasteiger partial charge in [-0.1, -0.05) is 30.3 Å². The average Bonchev–Trinajstić information content (AvgIpc) is 2.88. The van der Waals surface area contributed by atoms with Crippen LogP contribution >= 0.6 is 0 Å². The zero-order chi connectivity index (χ0) is 25.7. The molecule has 0 heterocycles. The van der Waals surface area contributed by atoms with Crippen molar-refractivity contribution < 1.29 is 24.9 Å². The Morgan fingerprint density at radius 1 is 0.556 bits per heavy atom. The number of nitrogens with zero attached hydrogens (tertiary/aromatic N) is 4. The first-order chi connectivity index (χ1) is 17.3. The van der Waals surface area contributed by atoms with Crippen LogP contribution in [0.3, 0.4) is 0 Å². The van der Waals surface area contributed by atoms with Crippen LogP contribution in [0.4, 0.5) is 22.7 Å². The standard InChI is InChI=1S/C27H20N4O5/c1-16-2-7-21(14-23(16)26(33)34)30-28-19-8-3-17(4-9-19)18-5-10-20(11-6-18)29-31-22-12-13-25(32)24(15-22)27(35)36/h2-15,32H,1H3,(H,33,34)(H,35,36). The fourth-order valence-electron chi connectivity index (χ4n) is 3.33. The maximum absolute atomic E-state index is 11.3. The summed E-state index contributed by atoms with van der Waals surface area (Å²) in [4.78, 5) is 22.4. The summed E-state index contributed by atoms with van der Waals surface area (Å²) in [5.74, 6) is -2.58. The van der Waals surface area contributed by atoms with Gasteiger partial charge in [-0.3, -0.25) is 0 Å². The van der Waals surface area contributed by atoms with Gasteiger partial charge in [-0.25, -0.2) is 9.59 Å². The second kappa shape index (κ2) is 10.4. The molecule has 0 aliphatic rings. The van der Waals surface area contributed by atoms with E-state index in [0.29, 0.717) is 28.3 Å². The lowest BCUT2D eigenvalue weighted by molar-refractivity contribution is 0.0683. The van der Waals surface area contributed by atoms with Gasteiger partial charge in [0.15, 0.2) is 0 Å². The third-order valence-electron chi connectivity index (χ3n) is 5.29. The molecule has 0 amide bonds. The zero-order valence-corrected chi connectivity index (χ0v) is 19.0. The van der Waals surface area contributed by atoms with Crippen molar-refractivity contribution in [3.8, 4) is 16.9 Å². The third kappa shape index (κ3) is 5.65. The van der Waals surface area contributed by atoms with E-state index in [1.165, 1.54) is 24.3 Å². The normalized spacial score (nSPS) is 11.2. The van der Waals surface area contributed by atoms with Crippen molar-refractivity contribution in [1.29, 1.82) is 0 Å². The summed E-state index contributed by atoms with van der Waals surface area (Å²) in [6.07, 6.45) is 0. The summed E-state index contributed by atoms with van der Waals surface area (Å²) in [6.45, 7) is 1.73. The van der Waals surface area contributed by atoms with Crippen LogP contribution in [0.5, 0.6) is 5.75 Å². The summed E-state index contributed by atoms with van der Waals surface area (Å²) >= 11 is 0. The number of hydrogen-bond donors (Lipinski definition) is 3. The lowest BCUT2D eigenvalue weighted by Crippen LogP contribution is -1.98. The molecule has 0 spiro atoms. The minimum absolute atomic E-state index is 0.192. The summed E-state index contributed by atoms with van der Waals surface area (Å²) in [5.41, 5.74) is 4.47. The Hall–Kier alpha value is -5.18. The molecule has 0 unspecified atom stereocenters. The van der Waals surface area contributed by atoms with Crippen molar-refractivity contribution in [1.82, 2.24) is 0 Å². The van der Waals surface area contributed by atoms with Gasteiger partial charge in [-0.05, 0) is 78.2 Å². The van der Waals surface area contributed by atoms with Crippen molar-refractivity contribution in [2.24, 2.45) is 20.5 Å². The summed E-state index contributed by atoms with van der Waals surface area (Å²) in [5, 5.41) is 44.4. The minimum Gasteiger partial charge on any atom is -0.507 e. The topological polar surface area (TPSA) is 144 Å². The van der Waals surface area contributed by atoms with Gasteiger partial charge in [-0.15, -0.1) is 0 Å². The second-order valence-corrected chi connectivity index (χ2v) is 7.80. The van der Waals surface area contributed by atoms with Crippen LogP contribution < -0.4 is 0 Å². The van der Waals surface area contributed by atoms with Crippen molar-refractivity contribution in [3.05, 3.63) is 102 Å². The highest BCUT2D eigenvalue weighted by Gasteiger charge is 2.10. The number of aryl methyl sites for hydroxylation is 1. The maximum Gasteiger partial charge on any atom is 0.339 e. The highest BCUT2D eigenvalue weighted by molar-refractivity contribution is 5.92. The van der Waals surface area contributed by atoms with E-state index in [-0.39, 0.29) is 16.9 Å². The Morgan fingerprint density at radius 2 is 0.944 bits per heavy atom. The maximum atomic E-state index is 11.3. The molecule has 4 aromatic carbocycles. The molecule has 4 aromatic rings. The van der Waals surface area contributed by atoms with Gasteiger partial charge in [0.2, 0.25) is 0 Å². The molecular formula is C27H20N4O5. The predicted molar refractivity (Wildman–Crippen MR) is 133 cm³/mol. The number of azo groups is 2. The van der Waals surface area contributed by atoms with Crippen LogP contribution in [0.15, 0.2) is 105 Å². The molecule has 0 bridgehead atoms. The van der Waals surface area contributed by atoms with E-state index in [9.17, 15) is 19.8 Å². The molecule has 0 atom stereocenters. The van der Waals surface area contributed by atoms with E-state index in [1.807, 2.05) is 36.4 Å². The van der Waals surface area contributed by atoms with Gasteiger partial charge < -0.3 is 15.3 Å². The summed E-state index contributed by atoms with van der Waals surface area (Å²) in [6, 6.07) is 23.6. The molecule has 0 fully saturated rings. The first-order valence-electron chi connectivity index (χ1n) is 10.7. The molecule has 0 aliphatic carbocycles. The zero-order valence-electron chi connectivity index (χ0n) is 19.0. The van der Waals surface area contributed by atoms with Gasteiger partial charge >= 0.3 is 11.9 Å². The Balaban J connectivity index is 1.44. The first kappa shape index (κ1) is 24.0. The number of benzene rings is 4. The van der Waals surface area contributed by atoms with Crippen LogP contribution in [0.2, 0.25) is 0 Å². The van der Waals surface area contributed by atoms with Crippen molar-refractivity contribution >= 4 is 34.7 Å². The number of carbonyl (C=O) groups is 2. The van der Waals surface area contributed by atoms with Crippen LogP contribution in [-0.4, -0.2) is 27.3 Å². The van der Waals surface area contributed by atoms with Crippen molar-refractivity contribution in [3.63, 3.8) is 0 Å². The van der Waals surface area contributed by atoms with E-state index in [0.717, 1.165) is 11.1 Å². The Labute approximate surface area is 205 Å². The lowest BCUT2D eigenvalue weighted by atomic mass is 10.1. The third-order valence-corrected chi connectivity index (χ3v) is 5.29. The van der Waals surface area contributed by atoms with E-state index >= 15 is 0 Å². The monoisotopic (exact) mass is 480 g/mol. The number of carboxylic acid groups (broad SMARTS) is 2. The molecule has 0 saturated heterocycles. The molecule has 3 N–H and O–H groups in total. The van der Waals surface area contributed by atoms with E-state index in [4.69, 9.17) is 5.11 Å². The average molecular weight is 480 g/mol. The van der Waals surface area contributed by atoms with Crippen LogP contribution in [0.25, 0.3) is 11.1 Å². The number of carboxylic acids is 2. The van der Waals surface area contributed by atoms with Gasteiger partial charge in [0, 0.05) is 0 Å². The number of rotatable bonds is 7. The molecule has 0 saturated carbocycles. The van der Waals surface area contributed by atoms with Gasteiger partial charge in [0.25, 0.3) is 0 Å². The highest BCUT2D eigenvalue weighted by Crippen LogP contribution is 2.28. The molecule has 0 aliphatic heterocycles. The summed E-state index contributed by atoms with van der Waals surface area (Å²) in [7, 11) is 0. The smallest absolute Gasteiger partial charge is 0.339 e. The number of hydrogen-bond acceptors (Lipinski definition) is 7. The molecule has 0 radical (unpaired) electrons. The van der Waals surface area contributed by atoms with E-state index in [2.05, 4.69) is 20.5 Å². The van der Waals surface area contributed by atoms with E-state index in [1.54, 1.807) is 31.2 Å². The second-order valence-electron chi connectivity index (χ2n) is 7.80. The molecule has 9 nitrogen and oxygen atoms in total.